The Morgan fingerprint density at radius 3 is 1.37 bits per heavy atom. The molecule has 0 unspecified atom stereocenters. The fourth-order valence-electron chi connectivity index (χ4n) is 5.65. The van der Waals surface area contributed by atoms with E-state index in [2.05, 4.69) is 39.8 Å². The van der Waals surface area contributed by atoms with Crippen molar-refractivity contribution >= 4 is 16.1 Å². The molecule has 0 aromatic carbocycles. The molecular formula is C22H34Cl2HfSi2. The van der Waals surface area contributed by atoms with Crippen LogP contribution < -0.4 is 24.8 Å². The van der Waals surface area contributed by atoms with Gasteiger partial charge in [-0.1, -0.05) is 0 Å². The van der Waals surface area contributed by atoms with Gasteiger partial charge < -0.3 is 24.8 Å². The molecule has 0 radical (unpaired) electrons. The second-order valence-corrected chi connectivity index (χ2v) is 23.2. The Labute approximate surface area is 192 Å². The molecule has 0 N–H and O–H groups in total. The molecule has 2 aliphatic carbocycles. The molecule has 5 heteroatoms. The Bertz CT molecular complexity index is 639. The van der Waals surface area contributed by atoms with Crippen molar-refractivity contribution in [3.05, 3.63) is 40.4 Å². The smallest absolute Gasteiger partial charge is 1.00 e. The molecule has 148 valence electrons. The first kappa shape index (κ1) is 24.1. The molecule has 0 aromatic heterocycles. The van der Waals surface area contributed by atoms with Gasteiger partial charge in [-0.05, 0) is 0 Å². The summed E-state index contributed by atoms with van der Waals surface area (Å²) in [6.07, 6.45) is 11.1. The third-order valence-corrected chi connectivity index (χ3v) is 27.7. The Kier molecular flexibility index (Phi) is 8.33. The maximum absolute atomic E-state index is 2.72. The molecule has 0 spiro atoms. The van der Waals surface area contributed by atoms with Crippen molar-refractivity contribution in [3.8, 4) is 0 Å². The van der Waals surface area contributed by atoms with Crippen molar-refractivity contribution < 1.29 is 47.7 Å². The van der Waals surface area contributed by atoms with Crippen LogP contribution in [0.5, 0.6) is 0 Å². The standard InChI is InChI=1S/2C11H17Si.2ClH.Hf/c2*1-3-12(7-4-8-12)11-6-5-10(2)9-11;;;/h2*6H,3-5,7-8H2,1-2H3;2*1H;/q;;;;+2/p-2. The van der Waals surface area contributed by atoms with Crippen molar-refractivity contribution in [2.24, 2.45) is 0 Å². The summed E-state index contributed by atoms with van der Waals surface area (Å²) in [5.41, 5.74) is 3.58. The van der Waals surface area contributed by atoms with Crippen LogP contribution in [0.15, 0.2) is 40.4 Å². The van der Waals surface area contributed by atoms with E-state index in [-0.39, 0.29) is 24.8 Å². The summed E-state index contributed by atoms with van der Waals surface area (Å²) in [5, 5.41) is 3.99. The van der Waals surface area contributed by atoms with E-state index in [9.17, 15) is 0 Å². The first-order chi connectivity index (χ1) is 12.1. The zero-order valence-electron chi connectivity index (χ0n) is 17.5. The van der Waals surface area contributed by atoms with Crippen molar-refractivity contribution in [2.75, 3.05) is 0 Å². The summed E-state index contributed by atoms with van der Waals surface area (Å²) in [5.74, 6) is 0. The number of allylic oxidation sites excluding steroid dienone is 8. The average molecular weight is 604 g/mol. The van der Waals surface area contributed by atoms with Crippen LogP contribution in [-0.4, -0.2) is 16.1 Å². The van der Waals surface area contributed by atoms with Gasteiger partial charge in [-0.15, -0.1) is 0 Å². The normalized spacial score (nSPS) is 24.9. The van der Waals surface area contributed by atoms with Crippen LogP contribution in [0.3, 0.4) is 0 Å². The predicted molar refractivity (Wildman–Crippen MR) is 112 cm³/mol. The van der Waals surface area contributed by atoms with Crippen LogP contribution in [0.1, 0.15) is 53.4 Å². The fraction of sp³-hybridized carbons (Fsp3) is 0.636. The third kappa shape index (κ3) is 3.94. The molecule has 2 fully saturated rings. The van der Waals surface area contributed by atoms with Gasteiger partial charge in [-0.3, -0.25) is 0 Å². The molecule has 2 aliphatic heterocycles. The number of hydrogen-bond acceptors (Lipinski definition) is 0. The predicted octanol–water partition coefficient (Wildman–Crippen LogP) is 1.11. The van der Waals surface area contributed by atoms with Crippen LogP contribution in [0, 0.1) is 0 Å². The van der Waals surface area contributed by atoms with E-state index in [1.165, 1.54) is 37.8 Å². The van der Waals surface area contributed by atoms with Gasteiger partial charge in [0.1, 0.15) is 0 Å². The van der Waals surface area contributed by atoms with E-state index in [1.807, 2.05) is 17.1 Å². The zero-order valence-corrected chi connectivity index (χ0v) is 24.6. The van der Waals surface area contributed by atoms with Gasteiger partial charge in [0.25, 0.3) is 0 Å². The summed E-state index contributed by atoms with van der Waals surface area (Å²) in [6.45, 7) is 9.97. The van der Waals surface area contributed by atoms with Gasteiger partial charge in [0, 0.05) is 0 Å². The van der Waals surface area contributed by atoms with Crippen LogP contribution in [0.25, 0.3) is 0 Å². The van der Waals surface area contributed by atoms with Crippen LogP contribution in [-0.2, 0) is 22.9 Å². The summed E-state index contributed by atoms with van der Waals surface area (Å²) in [7, 11) is -2.06. The summed E-state index contributed by atoms with van der Waals surface area (Å²) >= 11 is -0.884. The Balaban J connectivity index is 0.00000131. The van der Waals surface area contributed by atoms with E-state index >= 15 is 0 Å². The van der Waals surface area contributed by atoms with Gasteiger partial charge in [-0.25, -0.2) is 0 Å². The minimum Gasteiger partial charge on any atom is -1.00 e. The quantitative estimate of drug-likeness (QED) is 0.399. The second-order valence-electron chi connectivity index (χ2n) is 9.05. The number of halogens is 2. The molecular weight excluding hydrogens is 570 g/mol. The third-order valence-electron chi connectivity index (χ3n) is 7.98. The summed E-state index contributed by atoms with van der Waals surface area (Å²) in [6, 6.07) is 9.42. The van der Waals surface area contributed by atoms with Crippen LogP contribution in [0.4, 0.5) is 0 Å². The monoisotopic (exact) mass is 604 g/mol. The molecule has 0 bridgehead atoms. The molecule has 2 saturated heterocycles. The molecule has 0 atom stereocenters. The number of rotatable bonds is 6. The average Bonchev–Trinajstić information content (AvgIpc) is 3.06. The van der Waals surface area contributed by atoms with E-state index in [0.29, 0.717) is 0 Å². The molecule has 27 heavy (non-hydrogen) atoms. The summed E-state index contributed by atoms with van der Waals surface area (Å²) in [4.78, 5) is 0. The Hall–Kier alpha value is 0.844. The first-order valence-electron chi connectivity index (χ1n) is 10.6. The van der Waals surface area contributed by atoms with E-state index in [0.717, 1.165) is 0 Å². The summed E-state index contributed by atoms with van der Waals surface area (Å²) < 4.78 is 4.02. The largest absolute Gasteiger partial charge is 1.00 e. The van der Waals surface area contributed by atoms with Crippen LogP contribution in [0.2, 0.25) is 36.3 Å². The molecule has 0 amide bonds. The van der Waals surface area contributed by atoms with Gasteiger partial charge in [0.15, 0.2) is 0 Å². The maximum atomic E-state index is 2.72. The van der Waals surface area contributed by atoms with Gasteiger partial charge in [0.05, 0.1) is 0 Å². The van der Waals surface area contributed by atoms with Crippen molar-refractivity contribution in [2.45, 2.75) is 89.6 Å². The molecule has 2 heterocycles. The minimum atomic E-state index is -1.03. The molecule has 0 aromatic rings. The van der Waals surface area contributed by atoms with Gasteiger partial charge >= 0.3 is 169 Å². The van der Waals surface area contributed by atoms with Crippen molar-refractivity contribution in [1.82, 2.24) is 0 Å². The topological polar surface area (TPSA) is 0 Å². The Morgan fingerprint density at radius 2 is 1.11 bits per heavy atom. The van der Waals surface area contributed by atoms with Crippen LogP contribution >= 0.6 is 0 Å². The first-order valence-corrected chi connectivity index (χ1v) is 19.5. The van der Waals surface area contributed by atoms with Crippen molar-refractivity contribution in [3.63, 3.8) is 0 Å². The maximum Gasteiger partial charge on any atom is -1.00 e. The Morgan fingerprint density at radius 1 is 0.741 bits per heavy atom. The SMILES string of the molecule is CC[Si]1(C2=CCC(C)=[C]2[Hf+2][C]2=C(C)CC=C2[Si]2(CC)CCC2)CCC1.[Cl-].[Cl-]. The van der Waals surface area contributed by atoms with Crippen molar-refractivity contribution in [1.29, 1.82) is 0 Å². The molecule has 0 nitrogen and oxygen atoms in total. The minimum absolute atomic E-state index is 0. The molecule has 4 rings (SSSR count). The number of hydrogen-bond donors (Lipinski definition) is 0. The zero-order chi connectivity index (χ0) is 17.7. The molecule has 0 saturated carbocycles. The molecule has 4 aliphatic rings. The second kappa shape index (κ2) is 9.33. The van der Waals surface area contributed by atoms with E-state index in [4.69, 9.17) is 0 Å². The van der Waals surface area contributed by atoms with E-state index in [1.54, 1.807) is 35.3 Å². The van der Waals surface area contributed by atoms with E-state index < -0.39 is 39.1 Å². The fourth-order valence-corrected chi connectivity index (χ4v) is 25.5. The van der Waals surface area contributed by atoms with Gasteiger partial charge in [0.2, 0.25) is 0 Å². The van der Waals surface area contributed by atoms with Gasteiger partial charge in [-0.2, -0.15) is 0 Å².